The number of hydrogen-bond donors (Lipinski definition) is 2. The number of halogens is 1. The lowest BCUT2D eigenvalue weighted by molar-refractivity contribution is -0.900. The molecule has 0 aliphatic heterocycles. The molecule has 1 rings (SSSR count). The number of aromatic nitrogens is 1. The Bertz CT molecular complexity index is 278. The summed E-state index contributed by atoms with van der Waals surface area (Å²) in [5, 5.41) is 7.84. The van der Waals surface area contributed by atoms with E-state index in [0.717, 1.165) is 4.47 Å². The fraction of sp³-hybridized carbons (Fsp3) is 0. The normalized spacial score (nSPS) is 9.18. The molecule has 6 heteroatoms. The summed E-state index contributed by atoms with van der Waals surface area (Å²) in [5.74, 6) is 0. The van der Waals surface area contributed by atoms with Crippen molar-refractivity contribution in [1.29, 1.82) is 0 Å². The van der Waals surface area contributed by atoms with Crippen molar-refractivity contribution in [2.24, 2.45) is 0 Å². The van der Waals surface area contributed by atoms with Crippen LogP contribution >= 0.6 is 15.9 Å². The van der Waals surface area contributed by atoms with Crippen molar-refractivity contribution in [1.82, 2.24) is 0 Å². The van der Waals surface area contributed by atoms with E-state index in [0.29, 0.717) is 0 Å². The molecule has 0 spiro atoms. The molecule has 0 saturated heterocycles. The van der Waals surface area contributed by atoms with Gasteiger partial charge in [0.1, 0.15) is 10.4 Å². The number of rotatable bonds is 2. The summed E-state index contributed by atoms with van der Waals surface area (Å²) in [6, 6.07) is 3.51. The lowest BCUT2D eigenvalue weighted by Crippen LogP contribution is -2.48. The smallest absolute Gasteiger partial charge is 0.215 e. The topological polar surface area (TPSA) is 56.2 Å². The molecule has 5 nitrogen and oxygen atoms in total. The Morgan fingerprint density at radius 2 is 2.45 bits per heavy atom. The third-order valence-electron chi connectivity index (χ3n) is 0.966. The van der Waals surface area contributed by atoms with Crippen LogP contribution in [0.15, 0.2) is 29.0 Å². The molecule has 1 aromatic rings. The first-order valence-corrected chi connectivity index (χ1v) is 3.57. The maximum atomic E-state index is 10.0. The van der Waals surface area contributed by atoms with Crippen LogP contribution in [0.5, 0.6) is 0 Å². The third kappa shape index (κ3) is 2.50. The second-order valence-electron chi connectivity index (χ2n) is 1.80. The van der Waals surface area contributed by atoms with Crippen LogP contribution in [0, 0.1) is 4.91 Å². The van der Waals surface area contributed by atoms with Crippen LogP contribution in [-0.4, -0.2) is 10.2 Å². The minimum atomic E-state index is -0.383. The van der Waals surface area contributed by atoms with Crippen molar-refractivity contribution < 1.29 is 14.9 Å². The molecule has 0 radical (unpaired) electrons. The van der Waals surface area contributed by atoms with E-state index in [-0.39, 0.29) is 5.03 Å². The van der Waals surface area contributed by atoms with Gasteiger partial charge in [-0.2, -0.15) is 0 Å². The fourth-order valence-corrected chi connectivity index (χ4v) is 0.981. The molecule has 2 N–H and O–H groups in total. The number of nitrogens with one attached hydrogen (secondary N) is 1. The molecule has 0 unspecified atom stereocenters. The fourth-order valence-electron chi connectivity index (χ4n) is 0.608. The average molecular weight is 220 g/mol. The van der Waals surface area contributed by atoms with Crippen LogP contribution in [0.25, 0.3) is 0 Å². The predicted octanol–water partition coefficient (Wildman–Crippen LogP) is 0.363. The monoisotopic (exact) mass is 219 g/mol. The summed E-state index contributed by atoms with van der Waals surface area (Å²) in [7, 11) is 0. The van der Waals surface area contributed by atoms with Gasteiger partial charge in [0, 0.05) is 6.07 Å². The molecular formula is C5H6BrN3O2+2. The number of hydrazine groups is 1. The zero-order valence-electron chi connectivity index (χ0n) is 5.44. The largest absolute Gasteiger partial charge is 0.411 e. The van der Waals surface area contributed by atoms with Crippen molar-refractivity contribution in [2.45, 2.75) is 0 Å². The van der Waals surface area contributed by atoms with Gasteiger partial charge in [0.2, 0.25) is 12.4 Å². The van der Waals surface area contributed by atoms with Gasteiger partial charge in [0.15, 0.2) is 0 Å². The van der Waals surface area contributed by atoms with Crippen molar-refractivity contribution in [3.63, 3.8) is 0 Å². The first-order chi connectivity index (χ1) is 5.18. The molecule has 0 fully saturated rings. The molecule has 1 aromatic heterocycles. The van der Waals surface area contributed by atoms with Crippen LogP contribution in [0.4, 0.5) is 0 Å². The van der Waals surface area contributed by atoms with Crippen LogP contribution < -0.4 is 10.2 Å². The molecule has 58 valence electrons. The van der Waals surface area contributed by atoms with Gasteiger partial charge in [-0.15, -0.1) is 0 Å². The van der Waals surface area contributed by atoms with Gasteiger partial charge < -0.3 is 0 Å². The van der Waals surface area contributed by atoms with Gasteiger partial charge in [0.25, 0.3) is 0 Å². The van der Waals surface area contributed by atoms with E-state index in [2.05, 4.69) is 21.5 Å². The highest BCUT2D eigenvalue weighted by Gasteiger charge is 2.09. The van der Waals surface area contributed by atoms with E-state index in [4.69, 9.17) is 5.21 Å². The maximum Gasteiger partial charge on any atom is 0.411 e. The van der Waals surface area contributed by atoms with Gasteiger partial charge >= 0.3 is 5.03 Å². The lowest BCUT2D eigenvalue weighted by Gasteiger charge is -1.85. The van der Waals surface area contributed by atoms with Crippen molar-refractivity contribution in [3.05, 3.63) is 33.9 Å². The molecule has 1 heterocycles. The Hall–Kier alpha value is -1.17. The Labute approximate surface area is 70.9 Å². The van der Waals surface area contributed by atoms with Crippen LogP contribution in [0.2, 0.25) is 0 Å². The minimum absolute atomic E-state index is 0.383. The van der Waals surface area contributed by atoms with Crippen molar-refractivity contribution in [2.75, 3.05) is 5.53 Å². The van der Waals surface area contributed by atoms with Gasteiger partial charge in [-0.3, -0.25) is 0 Å². The highest BCUT2D eigenvalue weighted by Crippen LogP contribution is 2.02. The first kappa shape index (κ1) is 7.93. The quantitative estimate of drug-likeness (QED) is 0.559. The number of nitrogens with zero attached hydrogens (tertiary/aromatic N) is 2. The SMILES string of the molecule is O=[N+](O)N[n+]1cccc(Br)c1. The summed E-state index contributed by atoms with van der Waals surface area (Å²) in [4.78, 5) is 10.0. The second-order valence-corrected chi connectivity index (χ2v) is 2.72. The van der Waals surface area contributed by atoms with Crippen molar-refractivity contribution >= 4 is 15.9 Å². The summed E-state index contributed by atoms with van der Waals surface area (Å²) in [6.07, 6.45) is 3.16. The maximum absolute atomic E-state index is 10.0. The van der Waals surface area contributed by atoms with E-state index in [1.54, 1.807) is 24.5 Å². The van der Waals surface area contributed by atoms with Gasteiger partial charge in [0.05, 0.1) is 4.47 Å². The van der Waals surface area contributed by atoms with Crippen molar-refractivity contribution in [3.8, 4) is 0 Å². The molecule has 0 aliphatic carbocycles. The minimum Gasteiger partial charge on any atom is -0.215 e. The summed E-state index contributed by atoms with van der Waals surface area (Å²) in [5.41, 5.74) is 2.07. The summed E-state index contributed by atoms with van der Waals surface area (Å²) in [6.45, 7) is 0. The molecule has 0 aromatic carbocycles. The average Bonchev–Trinajstić information content (AvgIpc) is 1.85. The van der Waals surface area contributed by atoms with Crippen LogP contribution in [0.1, 0.15) is 0 Å². The Kier molecular flexibility index (Phi) is 2.37. The van der Waals surface area contributed by atoms with E-state index in [9.17, 15) is 4.91 Å². The van der Waals surface area contributed by atoms with Crippen LogP contribution in [-0.2, 0) is 0 Å². The van der Waals surface area contributed by atoms with E-state index in [1.807, 2.05) is 0 Å². The summed E-state index contributed by atoms with van der Waals surface area (Å²) >= 11 is 3.19. The molecule has 0 bridgehead atoms. The van der Waals surface area contributed by atoms with E-state index < -0.39 is 0 Å². The highest BCUT2D eigenvalue weighted by atomic mass is 79.9. The zero-order chi connectivity index (χ0) is 8.27. The second kappa shape index (κ2) is 3.29. The van der Waals surface area contributed by atoms with E-state index >= 15 is 0 Å². The van der Waals surface area contributed by atoms with E-state index in [1.165, 1.54) is 4.68 Å². The molecule has 0 amide bonds. The Morgan fingerprint density at radius 1 is 1.73 bits per heavy atom. The Morgan fingerprint density at radius 3 is 3.00 bits per heavy atom. The molecule has 0 atom stereocenters. The number of pyridine rings is 1. The molecule has 0 aliphatic rings. The molecule has 11 heavy (non-hydrogen) atoms. The van der Waals surface area contributed by atoms with Gasteiger partial charge in [-0.1, -0.05) is 0 Å². The van der Waals surface area contributed by atoms with Gasteiger partial charge in [-0.25, -0.2) is 5.21 Å². The number of hydrogen-bond acceptors (Lipinski definition) is 1. The predicted molar refractivity (Wildman–Crippen MR) is 39.1 cm³/mol. The molecular weight excluding hydrogens is 214 g/mol. The lowest BCUT2D eigenvalue weighted by atomic mass is 10.5. The third-order valence-corrected chi connectivity index (χ3v) is 1.43. The highest BCUT2D eigenvalue weighted by molar-refractivity contribution is 9.10. The van der Waals surface area contributed by atoms with Crippen LogP contribution in [0.3, 0.4) is 0 Å². The molecule has 0 saturated carbocycles. The zero-order valence-corrected chi connectivity index (χ0v) is 7.02. The first-order valence-electron chi connectivity index (χ1n) is 2.78. The summed E-state index contributed by atoms with van der Waals surface area (Å²) < 4.78 is 2.10. The van der Waals surface area contributed by atoms with Gasteiger partial charge in [-0.05, 0) is 26.7 Å². The Balaban J connectivity index is 2.79. The standard InChI is InChI=1S/C5H6BrN3O2/c6-5-2-1-3-8(4-5)7-9(10)11/h1-4,7H,(H,10,11)/q+2.